The molecule has 2 fully saturated rings. The molecule has 0 aliphatic carbocycles. The van der Waals surface area contributed by atoms with E-state index in [1.54, 1.807) is 0 Å². The molecule has 2 aliphatic rings. The summed E-state index contributed by atoms with van der Waals surface area (Å²) < 4.78 is 22.8. The zero-order valence-corrected chi connectivity index (χ0v) is 10.1. The predicted molar refractivity (Wildman–Crippen MR) is 60.4 cm³/mol. The van der Waals surface area contributed by atoms with Crippen molar-refractivity contribution in [3.63, 3.8) is 0 Å². The van der Waals surface area contributed by atoms with Gasteiger partial charge in [0.25, 0.3) is 0 Å². The van der Waals surface area contributed by atoms with E-state index >= 15 is 0 Å². The maximum Gasteiger partial charge on any atom is 0.150 e. The van der Waals surface area contributed by atoms with Crippen LogP contribution in [0.3, 0.4) is 0 Å². The van der Waals surface area contributed by atoms with Gasteiger partial charge in [-0.15, -0.1) is 0 Å². The summed E-state index contributed by atoms with van der Waals surface area (Å²) in [7, 11) is -0.657. The zero-order chi connectivity index (χ0) is 11.1. The topological polar surface area (TPSA) is 63.4 Å². The molecule has 0 aromatic rings. The molecule has 1 unspecified atom stereocenters. The Labute approximate surface area is 91.7 Å². The molecule has 0 bridgehead atoms. The number of likely N-dealkylation sites (tertiary alicyclic amines) is 1. The fourth-order valence-corrected chi connectivity index (χ4v) is 4.78. The molecule has 0 amide bonds. The molecule has 15 heavy (non-hydrogen) atoms. The molecule has 5 heteroatoms. The summed E-state index contributed by atoms with van der Waals surface area (Å²) in [5.41, 5.74) is 5.98. The largest absolute Gasteiger partial charge is 0.330 e. The van der Waals surface area contributed by atoms with Crippen LogP contribution in [0.15, 0.2) is 0 Å². The Morgan fingerprint density at radius 2 is 2.00 bits per heavy atom. The van der Waals surface area contributed by atoms with Crippen LogP contribution in [0.4, 0.5) is 0 Å². The maximum atomic E-state index is 11.4. The van der Waals surface area contributed by atoms with Gasteiger partial charge >= 0.3 is 0 Å². The molecule has 0 aromatic heterocycles. The van der Waals surface area contributed by atoms with Gasteiger partial charge in [-0.05, 0) is 37.8 Å². The molecule has 1 atom stereocenters. The van der Waals surface area contributed by atoms with E-state index in [4.69, 9.17) is 5.73 Å². The first-order valence-electron chi connectivity index (χ1n) is 5.56. The van der Waals surface area contributed by atoms with Crippen LogP contribution in [0.5, 0.6) is 0 Å². The highest BCUT2D eigenvalue weighted by Gasteiger charge is 2.47. The summed E-state index contributed by atoms with van der Waals surface area (Å²) in [6.07, 6.45) is 1.61. The van der Waals surface area contributed by atoms with E-state index in [0.717, 1.165) is 25.9 Å². The van der Waals surface area contributed by atoms with E-state index in [0.29, 0.717) is 24.0 Å². The monoisotopic (exact) mass is 232 g/mol. The Balaban J connectivity index is 2.14. The molecule has 2 heterocycles. The van der Waals surface area contributed by atoms with Crippen LogP contribution in [0.25, 0.3) is 0 Å². The molecule has 0 saturated carbocycles. The van der Waals surface area contributed by atoms with E-state index in [-0.39, 0.29) is 5.41 Å². The highest BCUT2D eigenvalue weighted by atomic mass is 32.2. The molecule has 2 N–H and O–H groups in total. The van der Waals surface area contributed by atoms with Crippen LogP contribution in [0.2, 0.25) is 0 Å². The maximum absolute atomic E-state index is 11.4. The summed E-state index contributed by atoms with van der Waals surface area (Å²) in [5.74, 6) is 1.20. The van der Waals surface area contributed by atoms with Gasteiger partial charge < -0.3 is 10.6 Å². The standard InChI is InChI=1S/C10H20N2O2S/c1-12-7-9(6-11)10(8-12)2-4-15(13,14)5-3-10/h9H,2-8,11H2,1H3. The third-order valence-electron chi connectivity index (χ3n) is 4.09. The van der Waals surface area contributed by atoms with Crippen molar-refractivity contribution in [2.24, 2.45) is 17.1 Å². The van der Waals surface area contributed by atoms with Crippen LogP contribution in [-0.4, -0.2) is 51.5 Å². The van der Waals surface area contributed by atoms with Gasteiger partial charge in [0.1, 0.15) is 9.84 Å². The van der Waals surface area contributed by atoms with Crippen molar-refractivity contribution in [3.05, 3.63) is 0 Å². The van der Waals surface area contributed by atoms with Crippen molar-refractivity contribution in [3.8, 4) is 0 Å². The van der Waals surface area contributed by atoms with Gasteiger partial charge in [-0.2, -0.15) is 0 Å². The van der Waals surface area contributed by atoms with Gasteiger partial charge in [-0.25, -0.2) is 8.42 Å². The third kappa shape index (κ3) is 2.05. The van der Waals surface area contributed by atoms with Crippen molar-refractivity contribution in [1.29, 1.82) is 0 Å². The average Bonchev–Trinajstić information content (AvgIpc) is 2.49. The van der Waals surface area contributed by atoms with Gasteiger partial charge in [0, 0.05) is 13.1 Å². The van der Waals surface area contributed by atoms with Crippen molar-refractivity contribution in [2.45, 2.75) is 12.8 Å². The number of hydrogen-bond donors (Lipinski definition) is 1. The van der Waals surface area contributed by atoms with Crippen LogP contribution in [0, 0.1) is 11.3 Å². The lowest BCUT2D eigenvalue weighted by Crippen LogP contribution is -2.41. The van der Waals surface area contributed by atoms with Crippen molar-refractivity contribution in [1.82, 2.24) is 4.90 Å². The molecule has 2 rings (SSSR count). The summed E-state index contributed by atoms with van der Waals surface area (Å²) >= 11 is 0. The fraction of sp³-hybridized carbons (Fsp3) is 1.00. The highest BCUT2D eigenvalue weighted by Crippen LogP contribution is 2.44. The molecule has 88 valence electrons. The van der Waals surface area contributed by atoms with E-state index in [1.165, 1.54) is 0 Å². The van der Waals surface area contributed by atoms with E-state index < -0.39 is 9.84 Å². The van der Waals surface area contributed by atoms with Crippen molar-refractivity contribution >= 4 is 9.84 Å². The SMILES string of the molecule is CN1CC(CN)C2(CCS(=O)(=O)CC2)C1. The Morgan fingerprint density at radius 3 is 2.53 bits per heavy atom. The normalized spacial score (nSPS) is 34.7. The van der Waals surface area contributed by atoms with Crippen molar-refractivity contribution in [2.75, 3.05) is 38.2 Å². The molecule has 2 saturated heterocycles. The number of rotatable bonds is 1. The minimum absolute atomic E-state index is 0.189. The Hall–Kier alpha value is -0.130. The first-order valence-corrected chi connectivity index (χ1v) is 7.39. The average molecular weight is 232 g/mol. The predicted octanol–water partition coefficient (Wildman–Crippen LogP) is -0.298. The van der Waals surface area contributed by atoms with Crippen molar-refractivity contribution < 1.29 is 8.42 Å². The Kier molecular flexibility index (Phi) is 2.81. The second kappa shape index (κ2) is 3.71. The Morgan fingerprint density at radius 1 is 1.40 bits per heavy atom. The lowest BCUT2D eigenvalue weighted by Gasteiger charge is -2.37. The molecule has 1 spiro atoms. The van der Waals surface area contributed by atoms with Gasteiger partial charge in [-0.1, -0.05) is 0 Å². The highest BCUT2D eigenvalue weighted by molar-refractivity contribution is 7.91. The van der Waals surface area contributed by atoms with Gasteiger partial charge in [0.15, 0.2) is 0 Å². The summed E-state index contributed by atoms with van der Waals surface area (Å²) in [6, 6.07) is 0. The molecule has 4 nitrogen and oxygen atoms in total. The van der Waals surface area contributed by atoms with E-state index in [9.17, 15) is 8.42 Å². The number of nitrogens with zero attached hydrogens (tertiary/aromatic N) is 1. The quantitative estimate of drug-likeness (QED) is 0.674. The van der Waals surface area contributed by atoms with Crippen LogP contribution in [-0.2, 0) is 9.84 Å². The minimum atomic E-state index is -2.75. The van der Waals surface area contributed by atoms with Crippen LogP contribution < -0.4 is 5.73 Å². The molecule has 0 radical (unpaired) electrons. The lowest BCUT2D eigenvalue weighted by atomic mass is 9.73. The van der Waals surface area contributed by atoms with Crippen LogP contribution in [0.1, 0.15) is 12.8 Å². The molecule has 0 aromatic carbocycles. The van der Waals surface area contributed by atoms with Gasteiger partial charge in [-0.3, -0.25) is 0 Å². The number of nitrogens with two attached hydrogens (primary N) is 1. The third-order valence-corrected chi connectivity index (χ3v) is 5.74. The number of hydrogen-bond acceptors (Lipinski definition) is 4. The zero-order valence-electron chi connectivity index (χ0n) is 9.28. The summed E-state index contributed by atoms with van der Waals surface area (Å²) in [5, 5.41) is 0. The molecule has 2 aliphatic heterocycles. The summed E-state index contributed by atoms with van der Waals surface area (Å²) in [6.45, 7) is 2.73. The van der Waals surface area contributed by atoms with E-state index in [2.05, 4.69) is 11.9 Å². The molecular formula is C10H20N2O2S. The second-order valence-electron chi connectivity index (χ2n) is 5.14. The minimum Gasteiger partial charge on any atom is -0.330 e. The Bertz CT molecular complexity index is 325. The first-order chi connectivity index (χ1) is 6.97. The number of sulfone groups is 1. The summed E-state index contributed by atoms with van der Waals surface area (Å²) in [4.78, 5) is 2.29. The van der Waals surface area contributed by atoms with Crippen LogP contribution >= 0.6 is 0 Å². The van der Waals surface area contributed by atoms with Gasteiger partial charge in [0.2, 0.25) is 0 Å². The first kappa shape index (κ1) is 11.4. The lowest BCUT2D eigenvalue weighted by molar-refractivity contribution is 0.198. The molecular weight excluding hydrogens is 212 g/mol. The fourth-order valence-electron chi connectivity index (χ4n) is 3.14. The van der Waals surface area contributed by atoms with E-state index in [1.807, 2.05) is 0 Å². The smallest absolute Gasteiger partial charge is 0.150 e. The van der Waals surface area contributed by atoms with Gasteiger partial charge in [0.05, 0.1) is 11.5 Å². The second-order valence-corrected chi connectivity index (χ2v) is 7.45.